The molecule has 22 heavy (non-hydrogen) atoms. The van der Waals surface area contributed by atoms with Gasteiger partial charge in [-0.3, -0.25) is 19.7 Å². The van der Waals surface area contributed by atoms with E-state index in [4.69, 9.17) is 0 Å². The van der Waals surface area contributed by atoms with E-state index in [1.54, 1.807) is 0 Å². The van der Waals surface area contributed by atoms with E-state index in [0.29, 0.717) is 5.56 Å². The summed E-state index contributed by atoms with van der Waals surface area (Å²) in [6.07, 6.45) is 5.22. The van der Waals surface area contributed by atoms with Gasteiger partial charge in [-0.2, -0.15) is 5.10 Å². The first kappa shape index (κ1) is 15.6. The topological polar surface area (TPSA) is 114 Å². The quantitative estimate of drug-likeness (QED) is 0.375. The molecule has 1 aliphatic carbocycles. The van der Waals surface area contributed by atoms with Crippen LogP contribution in [0.25, 0.3) is 0 Å². The molecule has 2 amide bonds. The van der Waals surface area contributed by atoms with Crippen LogP contribution in [0.4, 0.5) is 5.69 Å². The standard InChI is InChI=1S/C14H16N4O4/c19-13(16-11-3-1-2-4-11)14(20)17-15-9-10-5-7-12(8-6-10)18(21)22/h5-9,11H,1-4H2,(H,16,19)(H,17,20)/b15-9-. The summed E-state index contributed by atoms with van der Waals surface area (Å²) in [5, 5.41) is 16.8. The third kappa shape index (κ3) is 4.37. The van der Waals surface area contributed by atoms with Gasteiger partial charge in [0.1, 0.15) is 0 Å². The maximum atomic E-state index is 11.6. The molecule has 8 nitrogen and oxygen atoms in total. The van der Waals surface area contributed by atoms with Crippen LogP contribution in [0.2, 0.25) is 0 Å². The highest BCUT2D eigenvalue weighted by atomic mass is 16.6. The smallest absolute Gasteiger partial charge is 0.329 e. The second-order valence-corrected chi connectivity index (χ2v) is 5.00. The van der Waals surface area contributed by atoms with Crippen LogP contribution in [0.15, 0.2) is 29.4 Å². The Bertz CT molecular complexity index is 591. The largest absolute Gasteiger partial charge is 0.345 e. The summed E-state index contributed by atoms with van der Waals surface area (Å²) in [6.45, 7) is 0. The molecule has 0 aromatic heterocycles. The van der Waals surface area contributed by atoms with E-state index in [-0.39, 0.29) is 11.7 Å². The predicted octanol–water partition coefficient (Wildman–Crippen LogP) is 1.10. The molecule has 0 saturated heterocycles. The van der Waals surface area contributed by atoms with Crippen molar-refractivity contribution in [3.63, 3.8) is 0 Å². The fourth-order valence-corrected chi connectivity index (χ4v) is 2.22. The van der Waals surface area contributed by atoms with Crippen LogP contribution in [-0.2, 0) is 9.59 Å². The molecule has 8 heteroatoms. The molecule has 2 N–H and O–H groups in total. The van der Waals surface area contributed by atoms with Gasteiger partial charge in [0.2, 0.25) is 0 Å². The van der Waals surface area contributed by atoms with Crippen LogP contribution in [-0.4, -0.2) is 29.0 Å². The van der Waals surface area contributed by atoms with Crippen molar-refractivity contribution in [1.82, 2.24) is 10.7 Å². The van der Waals surface area contributed by atoms with Crippen LogP contribution < -0.4 is 10.7 Å². The number of hydrazone groups is 1. The lowest BCUT2D eigenvalue weighted by molar-refractivity contribution is -0.384. The molecule has 0 spiro atoms. The third-order valence-corrected chi connectivity index (χ3v) is 3.38. The van der Waals surface area contributed by atoms with Gasteiger partial charge in [0, 0.05) is 18.2 Å². The molecule has 0 bridgehead atoms. The molecular formula is C14H16N4O4. The highest BCUT2D eigenvalue weighted by Crippen LogP contribution is 2.17. The number of nitro benzene ring substituents is 1. The second kappa shape index (κ2) is 7.30. The molecule has 0 unspecified atom stereocenters. The Balaban J connectivity index is 1.81. The van der Waals surface area contributed by atoms with Crippen LogP contribution >= 0.6 is 0 Å². The van der Waals surface area contributed by atoms with E-state index in [1.165, 1.54) is 30.5 Å². The zero-order valence-electron chi connectivity index (χ0n) is 11.8. The fourth-order valence-electron chi connectivity index (χ4n) is 2.22. The molecule has 1 aromatic carbocycles. The third-order valence-electron chi connectivity index (χ3n) is 3.38. The number of amides is 2. The Kier molecular flexibility index (Phi) is 5.18. The Morgan fingerprint density at radius 3 is 2.41 bits per heavy atom. The molecule has 1 fully saturated rings. The Morgan fingerprint density at radius 1 is 1.18 bits per heavy atom. The summed E-state index contributed by atoms with van der Waals surface area (Å²) in [5.41, 5.74) is 2.67. The number of non-ortho nitro benzene ring substituents is 1. The van der Waals surface area contributed by atoms with Crippen molar-refractivity contribution in [3.05, 3.63) is 39.9 Å². The minimum absolute atomic E-state index is 0.0304. The predicted molar refractivity (Wildman–Crippen MR) is 79.2 cm³/mol. The monoisotopic (exact) mass is 304 g/mol. The Labute approximate surface area is 126 Å². The SMILES string of the molecule is O=C(N/N=C\c1ccc([N+](=O)[O-])cc1)C(=O)NC1CCCC1. The van der Waals surface area contributed by atoms with Gasteiger partial charge < -0.3 is 5.32 Å². The zero-order chi connectivity index (χ0) is 15.9. The van der Waals surface area contributed by atoms with E-state index < -0.39 is 16.7 Å². The number of nitrogens with zero attached hydrogens (tertiary/aromatic N) is 2. The molecule has 1 aliphatic rings. The number of nitro groups is 1. The van der Waals surface area contributed by atoms with Crippen molar-refractivity contribution in [3.8, 4) is 0 Å². The molecule has 0 aliphatic heterocycles. The molecule has 116 valence electrons. The van der Waals surface area contributed by atoms with E-state index in [0.717, 1.165) is 25.7 Å². The molecule has 1 aromatic rings. The highest BCUT2D eigenvalue weighted by Gasteiger charge is 2.20. The van der Waals surface area contributed by atoms with Gasteiger partial charge in [0.15, 0.2) is 0 Å². The summed E-state index contributed by atoms with van der Waals surface area (Å²) >= 11 is 0. The zero-order valence-corrected chi connectivity index (χ0v) is 11.8. The molecule has 0 atom stereocenters. The summed E-state index contributed by atoms with van der Waals surface area (Å²) in [5.74, 6) is -1.53. The lowest BCUT2D eigenvalue weighted by Gasteiger charge is -2.10. The molecule has 0 heterocycles. The fraction of sp³-hybridized carbons (Fsp3) is 0.357. The second-order valence-electron chi connectivity index (χ2n) is 5.00. The average molecular weight is 304 g/mol. The van der Waals surface area contributed by atoms with Crippen LogP contribution in [0.3, 0.4) is 0 Å². The average Bonchev–Trinajstić information content (AvgIpc) is 3.00. The summed E-state index contributed by atoms with van der Waals surface area (Å²) < 4.78 is 0. The first-order valence-electron chi connectivity index (χ1n) is 6.94. The molecular weight excluding hydrogens is 288 g/mol. The van der Waals surface area contributed by atoms with Crippen LogP contribution in [0.5, 0.6) is 0 Å². The minimum atomic E-state index is -0.829. The first-order chi connectivity index (χ1) is 10.6. The maximum absolute atomic E-state index is 11.6. The minimum Gasteiger partial charge on any atom is -0.345 e. The van der Waals surface area contributed by atoms with E-state index >= 15 is 0 Å². The van der Waals surface area contributed by atoms with E-state index in [9.17, 15) is 19.7 Å². The van der Waals surface area contributed by atoms with Gasteiger partial charge in [-0.25, -0.2) is 5.43 Å². The van der Waals surface area contributed by atoms with Crippen molar-refractivity contribution in [2.45, 2.75) is 31.7 Å². The molecule has 2 rings (SSSR count). The number of rotatable bonds is 4. The normalized spacial score (nSPS) is 14.9. The first-order valence-corrected chi connectivity index (χ1v) is 6.94. The number of hydrogen-bond acceptors (Lipinski definition) is 5. The van der Waals surface area contributed by atoms with Crippen molar-refractivity contribution < 1.29 is 14.5 Å². The number of hydrogen-bond donors (Lipinski definition) is 2. The van der Waals surface area contributed by atoms with Crippen LogP contribution in [0.1, 0.15) is 31.2 Å². The number of carbonyl (C=O) groups excluding carboxylic acids is 2. The van der Waals surface area contributed by atoms with Crippen LogP contribution in [0, 0.1) is 10.1 Å². The lowest BCUT2D eigenvalue weighted by atomic mass is 10.2. The van der Waals surface area contributed by atoms with E-state index in [1.807, 2.05) is 0 Å². The number of nitrogens with one attached hydrogen (secondary N) is 2. The lowest BCUT2D eigenvalue weighted by Crippen LogP contribution is -2.42. The summed E-state index contributed by atoms with van der Waals surface area (Å²) in [6, 6.07) is 5.71. The van der Waals surface area contributed by atoms with Gasteiger partial charge in [0.05, 0.1) is 11.1 Å². The number of benzene rings is 1. The van der Waals surface area contributed by atoms with Gasteiger partial charge in [0.25, 0.3) is 5.69 Å². The van der Waals surface area contributed by atoms with Gasteiger partial charge in [-0.1, -0.05) is 12.8 Å². The molecule has 0 radical (unpaired) electrons. The Hall–Kier alpha value is -2.77. The maximum Gasteiger partial charge on any atom is 0.329 e. The van der Waals surface area contributed by atoms with Crippen molar-refractivity contribution in [1.29, 1.82) is 0 Å². The summed E-state index contributed by atoms with van der Waals surface area (Å²) in [7, 11) is 0. The van der Waals surface area contributed by atoms with Crippen molar-refractivity contribution in [2.24, 2.45) is 5.10 Å². The summed E-state index contributed by atoms with van der Waals surface area (Å²) in [4.78, 5) is 33.1. The van der Waals surface area contributed by atoms with Crippen molar-refractivity contribution in [2.75, 3.05) is 0 Å². The van der Waals surface area contributed by atoms with Gasteiger partial charge >= 0.3 is 11.8 Å². The Morgan fingerprint density at radius 2 is 1.82 bits per heavy atom. The highest BCUT2D eigenvalue weighted by molar-refractivity contribution is 6.35. The van der Waals surface area contributed by atoms with Gasteiger partial charge in [-0.05, 0) is 30.5 Å². The van der Waals surface area contributed by atoms with Crippen molar-refractivity contribution >= 4 is 23.7 Å². The van der Waals surface area contributed by atoms with Gasteiger partial charge in [-0.15, -0.1) is 0 Å². The number of carbonyl (C=O) groups is 2. The van der Waals surface area contributed by atoms with E-state index in [2.05, 4.69) is 15.8 Å². The molecule has 1 saturated carbocycles.